The van der Waals surface area contributed by atoms with Crippen molar-refractivity contribution in [2.24, 2.45) is 5.92 Å². The quantitative estimate of drug-likeness (QED) is 0.868. The second-order valence-electron chi connectivity index (χ2n) is 4.54. The van der Waals surface area contributed by atoms with Gasteiger partial charge in [0.25, 0.3) is 0 Å². The minimum absolute atomic E-state index is 0.0632. The van der Waals surface area contributed by atoms with Crippen LogP contribution in [0, 0.1) is 17.2 Å². The van der Waals surface area contributed by atoms with Gasteiger partial charge in [-0.1, -0.05) is 26.0 Å². The van der Waals surface area contributed by atoms with Gasteiger partial charge in [-0.2, -0.15) is 5.26 Å². The van der Waals surface area contributed by atoms with Crippen LogP contribution >= 0.6 is 0 Å². The molecule has 96 valence electrons. The number of aliphatic carboxylic acids is 1. The maximum Gasteiger partial charge on any atom is 0.309 e. The van der Waals surface area contributed by atoms with E-state index in [1.807, 2.05) is 19.9 Å². The molecule has 0 saturated heterocycles. The van der Waals surface area contributed by atoms with Crippen LogP contribution < -0.4 is 4.74 Å². The first kappa shape index (κ1) is 14.0. The van der Waals surface area contributed by atoms with Crippen LogP contribution in [0.2, 0.25) is 0 Å². The minimum Gasteiger partial charge on any atom is -0.491 e. The van der Waals surface area contributed by atoms with E-state index in [0.29, 0.717) is 11.3 Å². The third kappa shape index (κ3) is 3.24. The van der Waals surface area contributed by atoms with Crippen LogP contribution in [0.25, 0.3) is 0 Å². The molecular weight excluding hydrogens is 230 g/mol. The molecule has 0 aliphatic rings. The Labute approximate surface area is 107 Å². The van der Waals surface area contributed by atoms with Crippen LogP contribution in [-0.4, -0.2) is 17.7 Å². The Balaban J connectivity index is 2.99. The Morgan fingerprint density at radius 2 is 2.11 bits per heavy atom. The fraction of sp³-hybridized carbons (Fsp3) is 0.429. The van der Waals surface area contributed by atoms with Crippen molar-refractivity contribution in [2.75, 3.05) is 6.61 Å². The van der Waals surface area contributed by atoms with Gasteiger partial charge < -0.3 is 9.84 Å². The molecule has 1 aromatic rings. The molecule has 0 radical (unpaired) electrons. The summed E-state index contributed by atoms with van der Waals surface area (Å²) in [6.45, 7) is 5.65. The highest BCUT2D eigenvalue weighted by Gasteiger charge is 2.16. The van der Waals surface area contributed by atoms with E-state index in [9.17, 15) is 4.79 Å². The first-order chi connectivity index (χ1) is 8.47. The standard InChI is InChI=1S/C14H17NO3/c1-9(2)12-6-4-5-11(7-15)13(12)18-8-10(3)14(16)17/h4-6,9-10H,8H2,1-3H3,(H,16,17). The smallest absolute Gasteiger partial charge is 0.309 e. The van der Waals surface area contributed by atoms with Gasteiger partial charge in [0.1, 0.15) is 18.4 Å². The van der Waals surface area contributed by atoms with Gasteiger partial charge in [0.05, 0.1) is 11.5 Å². The number of rotatable bonds is 5. The highest BCUT2D eigenvalue weighted by atomic mass is 16.5. The summed E-state index contributed by atoms with van der Waals surface area (Å²) in [5, 5.41) is 17.9. The van der Waals surface area contributed by atoms with Crippen molar-refractivity contribution in [3.63, 3.8) is 0 Å². The molecule has 0 aliphatic heterocycles. The van der Waals surface area contributed by atoms with E-state index in [4.69, 9.17) is 15.1 Å². The van der Waals surface area contributed by atoms with Crippen LogP contribution in [0.3, 0.4) is 0 Å². The summed E-state index contributed by atoms with van der Waals surface area (Å²) in [5.74, 6) is -0.788. The van der Waals surface area contributed by atoms with Crippen molar-refractivity contribution >= 4 is 5.97 Å². The van der Waals surface area contributed by atoms with Gasteiger partial charge in [-0.05, 0) is 24.5 Å². The number of ether oxygens (including phenoxy) is 1. The van der Waals surface area contributed by atoms with E-state index >= 15 is 0 Å². The van der Waals surface area contributed by atoms with Gasteiger partial charge in [-0.15, -0.1) is 0 Å². The van der Waals surface area contributed by atoms with Crippen LogP contribution in [0.5, 0.6) is 5.75 Å². The highest BCUT2D eigenvalue weighted by molar-refractivity contribution is 5.69. The zero-order chi connectivity index (χ0) is 13.7. The number of carboxylic acid groups (broad SMARTS) is 1. The molecule has 0 saturated carbocycles. The second-order valence-corrected chi connectivity index (χ2v) is 4.54. The molecular formula is C14H17NO3. The number of para-hydroxylation sites is 1. The maximum atomic E-state index is 10.7. The fourth-order valence-corrected chi connectivity index (χ4v) is 1.54. The normalized spacial score (nSPS) is 11.9. The molecule has 0 spiro atoms. The molecule has 0 heterocycles. The highest BCUT2D eigenvalue weighted by Crippen LogP contribution is 2.30. The Hall–Kier alpha value is -2.02. The summed E-state index contributed by atoms with van der Waals surface area (Å²) in [5.41, 5.74) is 1.37. The molecule has 1 rings (SSSR count). The number of benzene rings is 1. The first-order valence-electron chi connectivity index (χ1n) is 5.86. The largest absolute Gasteiger partial charge is 0.491 e. The summed E-state index contributed by atoms with van der Waals surface area (Å²) >= 11 is 0. The second kappa shape index (κ2) is 6.06. The number of nitriles is 1. The monoisotopic (exact) mass is 247 g/mol. The lowest BCUT2D eigenvalue weighted by atomic mass is 9.99. The number of hydrogen-bond acceptors (Lipinski definition) is 3. The van der Waals surface area contributed by atoms with E-state index in [-0.39, 0.29) is 12.5 Å². The van der Waals surface area contributed by atoms with Crippen molar-refractivity contribution < 1.29 is 14.6 Å². The van der Waals surface area contributed by atoms with E-state index in [1.54, 1.807) is 19.1 Å². The van der Waals surface area contributed by atoms with Crippen molar-refractivity contribution in [3.05, 3.63) is 29.3 Å². The topological polar surface area (TPSA) is 70.3 Å². The molecule has 4 heteroatoms. The van der Waals surface area contributed by atoms with Crippen LogP contribution in [-0.2, 0) is 4.79 Å². The van der Waals surface area contributed by atoms with E-state index in [2.05, 4.69) is 6.07 Å². The van der Waals surface area contributed by atoms with Crippen LogP contribution in [0.15, 0.2) is 18.2 Å². The zero-order valence-electron chi connectivity index (χ0n) is 10.8. The fourth-order valence-electron chi connectivity index (χ4n) is 1.54. The van der Waals surface area contributed by atoms with Gasteiger partial charge in [0, 0.05) is 0 Å². The molecule has 1 N–H and O–H groups in total. The number of carbonyl (C=O) groups is 1. The Kier molecular flexibility index (Phi) is 4.73. The zero-order valence-corrected chi connectivity index (χ0v) is 10.8. The average molecular weight is 247 g/mol. The van der Waals surface area contributed by atoms with Crippen LogP contribution in [0.4, 0.5) is 0 Å². The number of hydrogen-bond donors (Lipinski definition) is 1. The maximum absolute atomic E-state index is 10.7. The van der Waals surface area contributed by atoms with E-state index in [0.717, 1.165) is 5.56 Å². The summed E-state index contributed by atoms with van der Waals surface area (Å²) in [6.07, 6.45) is 0. The van der Waals surface area contributed by atoms with Crippen LogP contribution in [0.1, 0.15) is 37.8 Å². The molecule has 1 aromatic carbocycles. The van der Waals surface area contributed by atoms with Crippen molar-refractivity contribution in [1.29, 1.82) is 5.26 Å². The molecule has 0 fully saturated rings. The van der Waals surface area contributed by atoms with Gasteiger partial charge in [-0.3, -0.25) is 4.79 Å². The molecule has 0 bridgehead atoms. The van der Waals surface area contributed by atoms with Gasteiger partial charge >= 0.3 is 5.97 Å². The minimum atomic E-state index is -0.907. The van der Waals surface area contributed by atoms with E-state index in [1.165, 1.54) is 0 Å². The number of carboxylic acids is 1. The third-order valence-corrected chi connectivity index (χ3v) is 2.69. The van der Waals surface area contributed by atoms with Crippen molar-refractivity contribution in [2.45, 2.75) is 26.7 Å². The molecule has 1 unspecified atom stereocenters. The Morgan fingerprint density at radius 3 is 2.61 bits per heavy atom. The van der Waals surface area contributed by atoms with Gasteiger partial charge in [-0.25, -0.2) is 0 Å². The Bertz CT molecular complexity index is 474. The lowest BCUT2D eigenvalue weighted by molar-refractivity contribution is -0.142. The van der Waals surface area contributed by atoms with Gasteiger partial charge in [0.2, 0.25) is 0 Å². The molecule has 1 atom stereocenters. The predicted molar refractivity (Wildman–Crippen MR) is 67.5 cm³/mol. The number of nitrogens with zero attached hydrogens (tertiary/aromatic N) is 1. The van der Waals surface area contributed by atoms with Crippen molar-refractivity contribution in [3.8, 4) is 11.8 Å². The SMILES string of the molecule is CC(COc1c(C#N)cccc1C(C)C)C(=O)O. The predicted octanol–water partition coefficient (Wildman–Crippen LogP) is 2.78. The Morgan fingerprint density at radius 1 is 1.44 bits per heavy atom. The molecule has 0 amide bonds. The molecule has 0 aromatic heterocycles. The average Bonchev–Trinajstić information content (AvgIpc) is 2.34. The first-order valence-corrected chi connectivity index (χ1v) is 5.86. The van der Waals surface area contributed by atoms with Crippen molar-refractivity contribution in [1.82, 2.24) is 0 Å². The molecule has 4 nitrogen and oxygen atoms in total. The summed E-state index contributed by atoms with van der Waals surface area (Å²) in [4.78, 5) is 10.7. The summed E-state index contributed by atoms with van der Waals surface area (Å²) in [6, 6.07) is 7.45. The van der Waals surface area contributed by atoms with E-state index < -0.39 is 11.9 Å². The summed E-state index contributed by atoms with van der Waals surface area (Å²) < 4.78 is 5.54. The van der Waals surface area contributed by atoms with Gasteiger partial charge in [0.15, 0.2) is 0 Å². The molecule has 18 heavy (non-hydrogen) atoms. The lowest BCUT2D eigenvalue weighted by Crippen LogP contribution is -2.18. The summed E-state index contributed by atoms with van der Waals surface area (Å²) in [7, 11) is 0. The molecule has 0 aliphatic carbocycles. The lowest BCUT2D eigenvalue weighted by Gasteiger charge is -2.16. The third-order valence-electron chi connectivity index (χ3n) is 2.69.